The summed E-state index contributed by atoms with van der Waals surface area (Å²) in [5.41, 5.74) is 5.59. The molecule has 1 amide bonds. The molecule has 2 heterocycles. The molecule has 1 fully saturated rings. The van der Waals surface area contributed by atoms with Gasteiger partial charge < -0.3 is 19.9 Å². The largest absolute Gasteiger partial charge is 0.378 e. The zero-order valence-electron chi connectivity index (χ0n) is 15.1. The Labute approximate surface area is 153 Å². The molecular formula is C21H23N3O2. The van der Waals surface area contributed by atoms with Gasteiger partial charge in [0.05, 0.1) is 30.2 Å². The lowest BCUT2D eigenvalue weighted by molar-refractivity contribution is 0.102. The second-order valence-electron chi connectivity index (χ2n) is 6.74. The number of aromatic amines is 1. The Kier molecular flexibility index (Phi) is 4.39. The van der Waals surface area contributed by atoms with Gasteiger partial charge in [-0.25, -0.2) is 0 Å². The Bertz CT molecular complexity index is 955. The third-order valence-electron chi connectivity index (χ3n) is 4.87. The fourth-order valence-electron chi connectivity index (χ4n) is 3.58. The van der Waals surface area contributed by atoms with E-state index in [0.717, 1.165) is 46.6 Å². The molecule has 1 saturated heterocycles. The van der Waals surface area contributed by atoms with Crippen molar-refractivity contribution in [3.8, 4) is 0 Å². The van der Waals surface area contributed by atoms with Crippen LogP contribution in [0.4, 0.5) is 11.4 Å². The van der Waals surface area contributed by atoms with Crippen LogP contribution in [0.5, 0.6) is 0 Å². The van der Waals surface area contributed by atoms with E-state index in [-0.39, 0.29) is 5.91 Å². The Hall–Kier alpha value is -2.79. The highest BCUT2D eigenvalue weighted by atomic mass is 16.5. The van der Waals surface area contributed by atoms with Crippen LogP contribution in [0.15, 0.2) is 42.5 Å². The number of H-pyrrole nitrogens is 1. The van der Waals surface area contributed by atoms with Gasteiger partial charge in [-0.3, -0.25) is 4.79 Å². The number of hydrogen-bond donors (Lipinski definition) is 2. The standard InChI is InChI=1S/C21H23N3O2/c1-14-7-8-17-16(13-14)20(15(2)22-17)21(25)23-18-5-3-4-6-19(18)24-9-11-26-12-10-24/h3-8,13,22H,9-12H2,1-2H3,(H,23,25). The van der Waals surface area contributed by atoms with E-state index < -0.39 is 0 Å². The number of nitrogens with zero attached hydrogens (tertiary/aromatic N) is 1. The molecule has 1 aromatic heterocycles. The van der Waals surface area contributed by atoms with Crippen LogP contribution in [-0.2, 0) is 4.74 Å². The fraction of sp³-hybridized carbons (Fsp3) is 0.286. The number of ether oxygens (including phenoxy) is 1. The summed E-state index contributed by atoms with van der Waals surface area (Å²) in [6.07, 6.45) is 0. The van der Waals surface area contributed by atoms with E-state index in [0.29, 0.717) is 18.8 Å². The number of benzene rings is 2. The van der Waals surface area contributed by atoms with Gasteiger partial charge in [-0.2, -0.15) is 0 Å². The van der Waals surface area contributed by atoms with E-state index in [1.54, 1.807) is 0 Å². The molecule has 1 aliphatic rings. The molecule has 5 heteroatoms. The molecule has 0 radical (unpaired) electrons. The van der Waals surface area contributed by atoms with E-state index in [2.05, 4.69) is 21.3 Å². The molecule has 134 valence electrons. The van der Waals surface area contributed by atoms with Crippen LogP contribution in [0.25, 0.3) is 10.9 Å². The van der Waals surface area contributed by atoms with E-state index in [1.807, 2.05) is 50.2 Å². The van der Waals surface area contributed by atoms with Gasteiger partial charge in [0.25, 0.3) is 5.91 Å². The minimum absolute atomic E-state index is 0.0833. The van der Waals surface area contributed by atoms with Crippen LogP contribution in [0, 0.1) is 13.8 Å². The van der Waals surface area contributed by atoms with Gasteiger partial charge in [-0.15, -0.1) is 0 Å². The second kappa shape index (κ2) is 6.84. The summed E-state index contributed by atoms with van der Waals surface area (Å²) in [5, 5.41) is 4.08. The summed E-state index contributed by atoms with van der Waals surface area (Å²) in [6.45, 7) is 7.07. The lowest BCUT2D eigenvalue weighted by atomic mass is 10.1. The maximum absolute atomic E-state index is 13.1. The van der Waals surface area contributed by atoms with Crippen molar-refractivity contribution in [2.24, 2.45) is 0 Å². The minimum atomic E-state index is -0.0833. The van der Waals surface area contributed by atoms with Crippen molar-refractivity contribution < 1.29 is 9.53 Å². The monoisotopic (exact) mass is 349 g/mol. The van der Waals surface area contributed by atoms with E-state index in [9.17, 15) is 4.79 Å². The van der Waals surface area contributed by atoms with Crippen molar-refractivity contribution >= 4 is 28.2 Å². The molecule has 2 N–H and O–H groups in total. The molecule has 3 aromatic rings. The fourth-order valence-corrected chi connectivity index (χ4v) is 3.58. The molecule has 0 saturated carbocycles. The van der Waals surface area contributed by atoms with Crippen molar-refractivity contribution in [2.45, 2.75) is 13.8 Å². The number of fused-ring (bicyclic) bond motifs is 1. The lowest BCUT2D eigenvalue weighted by Gasteiger charge is -2.30. The summed E-state index contributed by atoms with van der Waals surface area (Å²) in [4.78, 5) is 18.6. The SMILES string of the molecule is Cc1ccc2[nH]c(C)c(C(=O)Nc3ccccc3N3CCOCC3)c2c1. The molecule has 0 unspecified atom stereocenters. The number of carbonyl (C=O) groups excluding carboxylic acids is 1. The second-order valence-corrected chi connectivity index (χ2v) is 6.74. The van der Waals surface area contributed by atoms with E-state index in [1.165, 1.54) is 0 Å². The van der Waals surface area contributed by atoms with Gasteiger partial charge in [0.2, 0.25) is 0 Å². The third kappa shape index (κ3) is 3.06. The molecule has 1 aliphatic heterocycles. The average molecular weight is 349 g/mol. The Morgan fingerprint density at radius 3 is 2.69 bits per heavy atom. The number of morpholine rings is 1. The smallest absolute Gasteiger partial charge is 0.258 e. The molecule has 0 aliphatic carbocycles. The topological polar surface area (TPSA) is 57.4 Å². The van der Waals surface area contributed by atoms with Crippen molar-refractivity contribution in [3.05, 3.63) is 59.3 Å². The number of amides is 1. The van der Waals surface area contributed by atoms with Gasteiger partial charge in [0.15, 0.2) is 0 Å². The highest BCUT2D eigenvalue weighted by Crippen LogP contribution is 2.29. The normalized spacial score (nSPS) is 14.6. The first kappa shape index (κ1) is 16.7. The minimum Gasteiger partial charge on any atom is -0.378 e. The van der Waals surface area contributed by atoms with Crippen LogP contribution < -0.4 is 10.2 Å². The summed E-state index contributed by atoms with van der Waals surface area (Å²) < 4.78 is 5.44. The maximum Gasteiger partial charge on any atom is 0.258 e. The van der Waals surface area contributed by atoms with Gasteiger partial charge in [-0.1, -0.05) is 23.8 Å². The molecular weight excluding hydrogens is 326 g/mol. The zero-order chi connectivity index (χ0) is 18.1. The molecule has 0 spiro atoms. The van der Waals surface area contributed by atoms with Crippen LogP contribution in [0.1, 0.15) is 21.6 Å². The predicted octanol–water partition coefficient (Wildman–Crippen LogP) is 3.87. The molecule has 0 atom stereocenters. The summed E-state index contributed by atoms with van der Waals surface area (Å²) in [6, 6.07) is 14.1. The highest BCUT2D eigenvalue weighted by Gasteiger charge is 2.19. The third-order valence-corrected chi connectivity index (χ3v) is 4.87. The summed E-state index contributed by atoms with van der Waals surface area (Å²) in [5.74, 6) is -0.0833. The first-order chi connectivity index (χ1) is 12.6. The molecule has 0 bridgehead atoms. The molecule has 4 rings (SSSR count). The van der Waals surface area contributed by atoms with Gasteiger partial charge in [0.1, 0.15) is 0 Å². The number of nitrogens with one attached hydrogen (secondary N) is 2. The molecule has 5 nitrogen and oxygen atoms in total. The number of hydrogen-bond acceptors (Lipinski definition) is 3. The van der Waals surface area contributed by atoms with E-state index >= 15 is 0 Å². The van der Waals surface area contributed by atoms with Crippen LogP contribution in [0.3, 0.4) is 0 Å². The van der Waals surface area contributed by atoms with Crippen molar-refractivity contribution in [1.82, 2.24) is 4.98 Å². The highest BCUT2D eigenvalue weighted by molar-refractivity contribution is 6.14. The summed E-state index contributed by atoms with van der Waals surface area (Å²) in [7, 11) is 0. The maximum atomic E-state index is 13.1. The van der Waals surface area contributed by atoms with E-state index in [4.69, 9.17) is 4.74 Å². The quantitative estimate of drug-likeness (QED) is 0.755. The number of rotatable bonds is 3. The van der Waals surface area contributed by atoms with Crippen LogP contribution >= 0.6 is 0 Å². The summed E-state index contributed by atoms with van der Waals surface area (Å²) >= 11 is 0. The average Bonchev–Trinajstić information content (AvgIpc) is 2.98. The first-order valence-electron chi connectivity index (χ1n) is 8.95. The molecule has 2 aromatic carbocycles. The van der Waals surface area contributed by atoms with Crippen LogP contribution in [-0.4, -0.2) is 37.2 Å². The zero-order valence-corrected chi connectivity index (χ0v) is 15.1. The van der Waals surface area contributed by atoms with Crippen molar-refractivity contribution in [2.75, 3.05) is 36.5 Å². The van der Waals surface area contributed by atoms with Gasteiger partial charge in [0, 0.05) is 29.7 Å². The van der Waals surface area contributed by atoms with Gasteiger partial charge in [-0.05, 0) is 38.1 Å². The molecule has 26 heavy (non-hydrogen) atoms. The number of aryl methyl sites for hydroxylation is 2. The lowest BCUT2D eigenvalue weighted by Crippen LogP contribution is -2.36. The number of aromatic nitrogens is 1. The predicted molar refractivity (Wildman–Crippen MR) is 105 cm³/mol. The number of anilines is 2. The number of para-hydroxylation sites is 2. The Morgan fingerprint density at radius 2 is 1.88 bits per heavy atom. The Morgan fingerprint density at radius 1 is 1.12 bits per heavy atom. The number of carbonyl (C=O) groups is 1. The first-order valence-corrected chi connectivity index (χ1v) is 8.95. The van der Waals surface area contributed by atoms with Gasteiger partial charge >= 0.3 is 0 Å². The van der Waals surface area contributed by atoms with Crippen LogP contribution in [0.2, 0.25) is 0 Å². The van der Waals surface area contributed by atoms with Crippen molar-refractivity contribution in [3.63, 3.8) is 0 Å². The van der Waals surface area contributed by atoms with Crippen molar-refractivity contribution in [1.29, 1.82) is 0 Å². The Balaban J connectivity index is 1.67.